The van der Waals surface area contributed by atoms with Crippen LogP contribution in [0, 0.1) is 0 Å². The molecule has 56 valence electrons. The minimum atomic E-state index is -1.12. The molecule has 1 unspecified atom stereocenters. The molecule has 0 radical (unpaired) electrons. The van der Waals surface area contributed by atoms with Crippen molar-refractivity contribution in [1.29, 1.82) is 0 Å². The van der Waals surface area contributed by atoms with E-state index in [2.05, 4.69) is 9.72 Å². The highest BCUT2D eigenvalue weighted by Crippen LogP contribution is 2.05. The second-order valence-corrected chi connectivity index (χ2v) is 1.90. The molecular weight excluding hydrogens is 135 g/mol. The first-order valence-electron chi connectivity index (χ1n) is 2.95. The SMILES string of the molecule is COCC(F)n1ccnc1. The molecule has 0 aliphatic rings. The van der Waals surface area contributed by atoms with Crippen LogP contribution in [0.5, 0.6) is 0 Å². The number of ether oxygens (including phenoxy) is 1. The van der Waals surface area contributed by atoms with Gasteiger partial charge in [0.25, 0.3) is 0 Å². The van der Waals surface area contributed by atoms with Gasteiger partial charge in [0.2, 0.25) is 0 Å². The summed E-state index contributed by atoms with van der Waals surface area (Å²) in [5.74, 6) is 0. The number of nitrogens with zero attached hydrogens (tertiary/aromatic N) is 2. The van der Waals surface area contributed by atoms with Crippen LogP contribution in [0.15, 0.2) is 18.7 Å². The summed E-state index contributed by atoms with van der Waals surface area (Å²) in [6.07, 6.45) is 3.39. The monoisotopic (exact) mass is 144 g/mol. The molecule has 3 nitrogen and oxygen atoms in total. The van der Waals surface area contributed by atoms with E-state index >= 15 is 0 Å². The highest BCUT2D eigenvalue weighted by molar-refractivity contribution is 4.76. The third kappa shape index (κ3) is 1.54. The average Bonchev–Trinajstić information content (AvgIpc) is 2.38. The average molecular weight is 144 g/mol. The number of methoxy groups -OCH3 is 1. The Bertz CT molecular complexity index is 176. The Hall–Kier alpha value is -0.900. The minimum absolute atomic E-state index is 0.0658. The molecule has 0 bridgehead atoms. The maximum Gasteiger partial charge on any atom is 0.200 e. The summed E-state index contributed by atoms with van der Waals surface area (Å²) in [7, 11) is 1.46. The third-order valence-corrected chi connectivity index (χ3v) is 1.15. The van der Waals surface area contributed by atoms with Crippen molar-refractivity contribution in [2.24, 2.45) is 0 Å². The van der Waals surface area contributed by atoms with E-state index in [1.807, 2.05) is 0 Å². The standard InChI is InChI=1S/C6H9FN2O/c1-10-4-6(7)9-3-2-8-5-9/h2-3,5-6H,4H2,1H3. The number of rotatable bonds is 3. The van der Waals surface area contributed by atoms with Gasteiger partial charge in [-0.2, -0.15) is 0 Å². The molecule has 4 heteroatoms. The lowest BCUT2D eigenvalue weighted by Crippen LogP contribution is -2.07. The van der Waals surface area contributed by atoms with Gasteiger partial charge in [-0.15, -0.1) is 0 Å². The lowest BCUT2D eigenvalue weighted by molar-refractivity contribution is 0.0838. The summed E-state index contributed by atoms with van der Waals surface area (Å²) in [6, 6.07) is 0. The van der Waals surface area contributed by atoms with Crippen LogP contribution in [-0.2, 0) is 4.74 Å². The molecule has 1 aromatic heterocycles. The lowest BCUT2D eigenvalue weighted by Gasteiger charge is -2.06. The van der Waals surface area contributed by atoms with Crippen molar-refractivity contribution in [2.75, 3.05) is 13.7 Å². The van der Waals surface area contributed by atoms with Gasteiger partial charge in [0.1, 0.15) is 0 Å². The van der Waals surface area contributed by atoms with Crippen molar-refractivity contribution >= 4 is 0 Å². The molecular formula is C6H9FN2O. The van der Waals surface area contributed by atoms with Crippen molar-refractivity contribution in [3.05, 3.63) is 18.7 Å². The van der Waals surface area contributed by atoms with E-state index in [0.29, 0.717) is 0 Å². The van der Waals surface area contributed by atoms with Crippen LogP contribution >= 0.6 is 0 Å². The Morgan fingerprint density at radius 3 is 3.10 bits per heavy atom. The zero-order valence-corrected chi connectivity index (χ0v) is 5.70. The lowest BCUT2D eigenvalue weighted by atomic mass is 10.6. The number of hydrogen-bond donors (Lipinski definition) is 0. The first kappa shape index (κ1) is 7.21. The Labute approximate surface area is 58.4 Å². The molecule has 1 atom stereocenters. The van der Waals surface area contributed by atoms with Crippen molar-refractivity contribution in [2.45, 2.75) is 6.30 Å². The molecule has 10 heavy (non-hydrogen) atoms. The highest BCUT2D eigenvalue weighted by atomic mass is 19.1. The van der Waals surface area contributed by atoms with Crippen molar-refractivity contribution < 1.29 is 9.13 Å². The van der Waals surface area contributed by atoms with Crippen molar-refractivity contribution in [3.63, 3.8) is 0 Å². The molecule has 0 aliphatic heterocycles. The number of halogens is 1. The predicted molar refractivity (Wildman–Crippen MR) is 34.2 cm³/mol. The molecule has 0 aromatic carbocycles. The third-order valence-electron chi connectivity index (χ3n) is 1.15. The van der Waals surface area contributed by atoms with Gasteiger partial charge in [0.05, 0.1) is 12.9 Å². The largest absolute Gasteiger partial charge is 0.380 e. The van der Waals surface area contributed by atoms with E-state index in [4.69, 9.17) is 0 Å². The van der Waals surface area contributed by atoms with Crippen molar-refractivity contribution in [1.82, 2.24) is 9.55 Å². The zero-order chi connectivity index (χ0) is 7.40. The number of aromatic nitrogens is 2. The van der Waals surface area contributed by atoms with Gasteiger partial charge in [-0.25, -0.2) is 9.37 Å². The number of hydrogen-bond acceptors (Lipinski definition) is 2. The quantitative estimate of drug-likeness (QED) is 0.632. The maximum atomic E-state index is 12.8. The first-order chi connectivity index (χ1) is 4.84. The highest BCUT2D eigenvalue weighted by Gasteiger charge is 2.04. The molecule has 0 saturated carbocycles. The van der Waals surface area contributed by atoms with E-state index in [0.717, 1.165) is 0 Å². The first-order valence-corrected chi connectivity index (χ1v) is 2.95. The molecule has 0 amide bonds. The van der Waals surface area contributed by atoms with E-state index in [9.17, 15) is 4.39 Å². The van der Waals surface area contributed by atoms with Crippen LogP contribution in [0.3, 0.4) is 0 Å². The smallest absolute Gasteiger partial charge is 0.200 e. The second-order valence-electron chi connectivity index (χ2n) is 1.90. The summed E-state index contributed by atoms with van der Waals surface area (Å²) in [5, 5.41) is 0. The fourth-order valence-corrected chi connectivity index (χ4v) is 0.659. The molecule has 0 N–H and O–H groups in total. The second kappa shape index (κ2) is 3.31. The molecule has 1 rings (SSSR count). The molecule has 1 aromatic rings. The molecule has 0 spiro atoms. The van der Waals surface area contributed by atoms with Gasteiger partial charge >= 0.3 is 0 Å². The fraction of sp³-hybridized carbons (Fsp3) is 0.500. The van der Waals surface area contributed by atoms with Gasteiger partial charge in [-0.1, -0.05) is 0 Å². The van der Waals surface area contributed by atoms with Crippen LogP contribution in [-0.4, -0.2) is 23.3 Å². The molecule has 1 heterocycles. The summed E-state index contributed by atoms with van der Waals surface area (Å²) in [5.41, 5.74) is 0. The summed E-state index contributed by atoms with van der Waals surface area (Å²) in [6.45, 7) is 0.0658. The van der Waals surface area contributed by atoms with E-state index < -0.39 is 6.30 Å². The van der Waals surface area contributed by atoms with E-state index in [-0.39, 0.29) is 6.61 Å². The van der Waals surface area contributed by atoms with Gasteiger partial charge in [0.15, 0.2) is 6.30 Å². The van der Waals surface area contributed by atoms with Gasteiger partial charge in [0, 0.05) is 19.5 Å². The van der Waals surface area contributed by atoms with Crippen molar-refractivity contribution in [3.8, 4) is 0 Å². The zero-order valence-electron chi connectivity index (χ0n) is 5.70. The Kier molecular flexibility index (Phi) is 2.39. The van der Waals surface area contributed by atoms with Gasteiger partial charge in [-0.3, -0.25) is 0 Å². The Morgan fingerprint density at radius 2 is 2.60 bits per heavy atom. The Morgan fingerprint density at radius 1 is 1.80 bits per heavy atom. The van der Waals surface area contributed by atoms with Crippen LogP contribution < -0.4 is 0 Å². The van der Waals surface area contributed by atoms with Crippen LogP contribution in [0.25, 0.3) is 0 Å². The number of imidazole rings is 1. The normalized spacial score (nSPS) is 13.4. The fourth-order valence-electron chi connectivity index (χ4n) is 0.659. The molecule has 0 aliphatic carbocycles. The topological polar surface area (TPSA) is 27.1 Å². The predicted octanol–water partition coefficient (Wildman–Crippen LogP) is 0.998. The Balaban J connectivity index is 2.50. The van der Waals surface area contributed by atoms with E-state index in [1.54, 1.807) is 6.20 Å². The minimum Gasteiger partial charge on any atom is -0.380 e. The van der Waals surface area contributed by atoms with Gasteiger partial charge < -0.3 is 9.30 Å². The maximum absolute atomic E-state index is 12.8. The van der Waals surface area contributed by atoms with E-state index in [1.165, 1.54) is 24.2 Å². The summed E-state index contributed by atoms with van der Waals surface area (Å²) in [4.78, 5) is 3.69. The van der Waals surface area contributed by atoms with Gasteiger partial charge in [-0.05, 0) is 0 Å². The molecule has 0 fully saturated rings. The van der Waals surface area contributed by atoms with Crippen LogP contribution in [0.4, 0.5) is 4.39 Å². The summed E-state index contributed by atoms with van der Waals surface area (Å²) >= 11 is 0. The molecule has 0 saturated heterocycles. The number of alkyl halides is 1. The summed E-state index contributed by atoms with van der Waals surface area (Å²) < 4.78 is 18.7. The van der Waals surface area contributed by atoms with Crippen LogP contribution in [0.1, 0.15) is 6.30 Å². The van der Waals surface area contributed by atoms with Crippen LogP contribution in [0.2, 0.25) is 0 Å².